The van der Waals surface area contributed by atoms with Crippen LogP contribution in [0.2, 0.25) is 0 Å². The highest BCUT2D eigenvalue weighted by molar-refractivity contribution is 5.73. The topological polar surface area (TPSA) is 114 Å². The molecular formula is C17H18N4O4. The first kappa shape index (κ1) is 16.1. The van der Waals surface area contributed by atoms with Crippen LogP contribution in [0.5, 0.6) is 0 Å². The summed E-state index contributed by atoms with van der Waals surface area (Å²) in [5.74, 6) is 0. The van der Waals surface area contributed by atoms with Gasteiger partial charge < -0.3 is 20.1 Å². The van der Waals surface area contributed by atoms with Crippen molar-refractivity contribution in [3.05, 3.63) is 54.2 Å². The summed E-state index contributed by atoms with van der Waals surface area (Å²) in [5, 5.41) is 29.4. The zero-order valence-corrected chi connectivity index (χ0v) is 13.3. The minimum Gasteiger partial charge on any atom is -0.394 e. The molecule has 130 valence electrons. The van der Waals surface area contributed by atoms with Gasteiger partial charge in [-0.1, -0.05) is 30.3 Å². The molecule has 1 aliphatic heterocycles. The second-order valence-corrected chi connectivity index (χ2v) is 6.04. The molecule has 3 N–H and O–H groups in total. The first-order valence-electron chi connectivity index (χ1n) is 8.02. The zero-order valence-electron chi connectivity index (χ0n) is 13.3. The molecule has 1 aromatic carbocycles. The first-order chi connectivity index (χ1) is 12.2. The minimum absolute atomic E-state index is 0.379. The third-order valence-corrected chi connectivity index (χ3v) is 4.44. The monoisotopic (exact) mass is 342 g/mol. The first-order valence-corrected chi connectivity index (χ1v) is 8.02. The smallest absolute Gasteiger partial charge is 0.165 e. The van der Waals surface area contributed by atoms with Crippen LogP contribution < -0.4 is 0 Å². The predicted octanol–water partition coefficient (Wildman–Crippen LogP) is 0.0286. The zero-order chi connectivity index (χ0) is 17.4. The Morgan fingerprint density at radius 2 is 1.84 bits per heavy atom. The number of fused-ring (bicyclic) bond motifs is 1. The van der Waals surface area contributed by atoms with Crippen LogP contribution in [-0.2, 0) is 11.2 Å². The Morgan fingerprint density at radius 1 is 1.04 bits per heavy atom. The van der Waals surface area contributed by atoms with Gasteiger partial charge in [-0.2, -0.15) is 0 Å². The van der Waals surface area contributed by atoms with Crippen LogP contribution in [-0.4, -0.2) is 59.8 Å². The molecule has 0 radical (unpaired) electrons. The molecule has 0 aliphatic carbocycles. The Balaban J connectivity index is 1.70. The lowest BCUT2D eigenvalue weighted by molar-refractivity contribution is -0.0511. The third kappa shape index (κ3) is 2.79. The largest absolute Gasteiger partial charge is 0.394 e. The summed E-state index contributed by atoms with van der Waals surface area (Å²) in [6.45, 7) is -0.379. The van der Waals surface area contributed by atoms with Crippen LogP contribution in [0.25, 0.3) is 11.2 Å². The molecule has 1 saturated heterocycles. The average molecular weight is 342 g/mol. The van der Waals surface area contributed by atoms with Gasteiger partial charge in [0.2, 0.25) is 0 Å². The van der Waals surface area contributed by atoms with Crippen LogP contribution in [0, 0.1) is 0 Å². The van der Waals surface area contributed by atoms with Crippen LogP contribution >= 0.6 is 0 Å². The van der Waals surface area contributed by atoms with E-state index in [0.29, 0.717) is 17.6 Å². The second-order valence-electron chi connectivity index (χ2n) is 6.04. The van der Waals surface area contributed by atoms with Gasteiger partial charge in [0.1, 0.15) is 30.2 Å². The fraction of sp³-hybridized carbons (Fsp3) is 0.353. The van der Waals surface area contributed by atoms with Crippen LogP contribution in [0.1, 0.15) is 17.5 Å². The van der Waals surface area contributed by atoms with Crippen molar-refractivity contribution in [2.24, 2.45) is 0 Å². The van der Waals surface area contributed by atoms with Gasteiger partial charge in [-0.25, -0.2) is 15.0 Å². The van der Waals surface area contributed by atoms with Gasteiger partial charge in [-0.15, -0.1) is 0 Å². The van der Waals surface area contributed by atoms with Gasteiger partial charge in [-0.3, -0.25) is 4.57 Å². The Morgan fingerprint density at radius 3 is 2.56 bits per heavy atom. The fourth-order valence-electron chi connectivity index (χ4n) is 3.12. The van der Waals surface area contributed by atoms with E-state index in [0.717, 1.165) is 11.3 Å². The maximum absolute atomic E-state index is 10.2. The molecule has 0 saturated carbocycles. The molecule has 0 amide bonds. The molecule has 0 unspecified atom stereocenters. The van der Waals surface area contributed by atoms with Crippen molar-refractivity contribution in [1.82, 2.24) is 19.5 Å². The highest BCUT2D eigenvalue weighted by atomic mass is 16.6. The highest BCUT2D eigenvalue weighted by Gasteiger charge is 2.43. The standard InChI is InChI=1S/C17H18N4O4/c22-7-12-14(23)15(24)17(25-12)21-9-20-13-11(18-8-19-16(13)21)6-10-4-2-1-3-5-10/h1-5,8-9,12,14-15,17,22-24H,6-7H2/t12-,14-,15-,17-/m0/s1. The average Bonchev–Trinajstić information content (AvgIpc) is 3.18. The molecule has 0 bridgehead atoms. The Hall–Kier alpha value is -2.39. The van der Waals surface area contributed by atoms with E-state index in [2.05, 4.69) is 15.0 Å². The third-order valence-electron chi connectivity index (χ3n) is 4.44. The van der Waals surface area contributed by atoms with Crippen LogP contribution in [0.3, 0.4) is 0 Å². The predicted molar refractivity (Wildman–Crippen MR) is 87.6 cm³/mol. The molecule has 3 heterocycles. The van der Waals surface area contributed by atoms with Crippen molar-refractivity contribution in [2.75, 3.05) is 6.61 Å². The van der Waals surface area contributed by atoms with Crippen molar-refractivity contribution in [3.63, 3.8) is 0 Å². The number of hydrogen-bond donors (Lipinski definition) is 3. The molecule has 8 heteroatoms. The van der Waals surface area contributed by atoms with E-state index in [1.807, 2.05) is 30.3 Å². The Bertz CT molecular complexity index is 869. The second kappa shape index (κ2) is 6.49. The fourth-order valence-corrected chi connectivity index (χ4v) is 3.12. The minimum atomic E-state index is -1.18. The summed E-state index contributed by atoms with van der Waals surface area (Å²) in [7, 11) is 0. The summed E-state index contributed by atoms with van der Waals surface area (Å²) in [6, 6.07) is 9.90. The molecule has 2 aromatic heterocycles. The van der Waals surface area contributed by atoms with E-state index in [9.17, 15) is 15.3 Å². The molecule has 25 heavy (non-hydrogen) atoms. The van der Waals surface area contributed by atoms with Gasteiger partial charge >= 0.3 is 0 Å². The van der Waals surface area contributed by atoms with Crippen molar-refractivity contribution in [2.45, 2.75) is 31.0 Å². The number of aromatic nitrogens is 4. The summed E-state index contributed by atoms with van der Waals surface area (Å²) >= 11 is 0. The Labute approximate surface area is 143 Å². The van der Waals surface area contributed by atoms with Gasteiger partial charge in [0.15, 0.2) is 11.9 Å². The number of ether oxygens (including phenoxy) is 1. The van der Waals surface area contributed by atoms with E-state index in [1.54, 1.807) is 4.57 Å². The molecule has 8 nitrogen and oxygen atoms in total. The maximum atomic E-state index is 10.2. The molecule has 1 fully saturated rings. The summed E-state index contributed by atoms with van der Waals surface area (Å²) in [5.41, 5.74) is 2.99. The number of rotatable bonds is 4. The summed E-state index contributed by atoms with van der Waals surface area (Å²) in [4.78, 5) is 13.0. The maximum Gasteiger partial charge on any atom is 0.165 e. The van der Waals surface area contributed by atoms with E-state index >= 15 is 0 Å². The molecule has 1 aliphatic rings. The normalized spacial score (nSPS) is 26.4. The molecular weight excluding hydrogens is 324 g/mol. The number of benzene rings is 1. The lowest BCUT2D eigenvalue weighted by Gasteiger charge is -2.16. The van der Waals surface area contributed by atoms with Crippen LogP contribution in [0.15, 0.2) is 43.0 Å². The number of aliphatic hydroxyl groups is 3. The van der Waals surface area contributed by atoms with Crippen molar-refractivity contribution in [3.8, 4) is 0 Å². The quantitative estimate of drug-likeness (QED) is 0.613. The number of hydrogen-bond acceptors (Lipinski definition) is 7. The van der Waals surface area contributed by atoms with E-state index < -0.39 is 24.5 Å². The molecule has 4 atom stereocenters. The SMILES string of the molecule is OC[C@@H]1O[C@H](n2cnc3c(Cc4ccccc4)ncnc32)[C@@H](O)[C@H]1O. The molecule has 3 aromatic rings. The number of imidazole rings is 1. The van der Waals surface area contributed by atoms with Crippen LogP contribution in [0.4, 0.5) is 0 Å². The van der Waals surface area contributed by atoms with Gasteiger partial charge in [0.05, 0.1) is 18.6 Å². The summed E-state index contributed by atoms with van der Waals surface area (Å²) < 4.78 is 7.12. The van der Waals surface area contributed by atoms with Gasteiger partial charge in [0.25, 0.3) is 0 Å². The van der Waals surface area contributed by atoms with Crippen molar-refractivity contribution < 1.29 is 20.1 Å². The molecule has 4 rings (SSSR count). The molecule has 0 spiro atoms. The van der Waals surface area contributed by atoms with E-state index in [4.69, 9.17) is 4.74 Å². The lowest BCUT2D eigenvalue weighted by Crippen LogP contribution is -2.33. The highest BCUT2D eigenvalue weighted by Crippen LogP contribution is 2.31. The number of nitrogens with zero attached hydrogens (tertiary/aromatic N) is 4. The van der Waals surface area contributed by atoms with Gasteiger partial charge in [0, 0.05) is 6.42 Å². The van der Waals surface area contributed by atoms with Crippen molar-refractivity contribution >= 4 is 11.2 Å². The van der Waals surface area contributed by atoms with E-state index in [-0.39, 0.29) is 6.61 Å². The van der Waals surface area contributed by atoms with Crippen molar-refractivity contribution in [1.29, 1.82) is 0 Å². The summed E-state index contributed by atoms with van der Waals surface area (Å²) in [6.07, 6.45) is -0.499. The number of aliphatic hydroxyl groups excluding tert-OH is 3. The van der Waals surface area contributed by atoms with E-state index in [1.165, 1.54) is 12.7 Å². The lowest BCUT2D eigenvalue weighted by atomic mass is 10.1. The Kier molecular flexibility index (Phi) is 4.18. The van der Waals surface area contributed by atoms with Gasteiger partial charge in [-0.05, 0) is 5.56 Å².